The van der Waals surface area contributed by atoms with E-state index in [0.29, 0.717) is 35.0 Å². The molecule has 0 unspecified atom stereocenters. The zero-order valence-electron chi connectivity index (χ0n) is 23.0. The molecule has 3 fully saturated rings. The molecule has 0 aromatic heterocycles. The van der Waals surface area contributed by atoms with Crippen molar-refractivity contribution in [1.29, 1.82) is 0 Å². The van der Waals surface area contributed by atoms with Crippen LogP contribution >= 0.6 is 11.6 Å². The number of benzene rings is 1. The molecule has 1 aromatic rings. The summed E-state index contributed by atoms with van der Waals surface area (Å²) >= 11 is 6.27. The van der Waals surface area contributed by atoms with E-state index in [0.717, 1.165) is 24.8 Å². The Bertz CT molecular complexity index is 1150. The third-order valence-corrected chi connectivity index (χ3v) is 9.75. The van der Waals surface area contributed by atoms with Crippen molar-refractivity contribution in [1.82, 2.24) is 10.2 Å². The maximum absolute atomic E-state index is 14.0. The molecule has 1 spiro atoms. The largest absolute Gasteiger partial charge is 0.359 e. The molecule has 4 aliphatic rings. The number of amides is 3. The van der Waals surface area contributed by atoms with E-state index >= 15 is 0 Å². The van der Waals surface area contributed by atoms with Gasteiger partial charge in [0.05, 0.1) is 17.9 Å². The Kier molecular flexibility index (Phi) is 7.38. The summed E-state index contributed by atoms with van der Waals surface area (Å²) in [5, 5.41) is 6.80. The molecule has 5 rings (SSSR count). The number of nitrogens with zero attached hydrogens (tertiary/aromatic N) is 1. The van der Waals surface area contributed by atoms with Gasteiger partial charge in [-0.1, -0.05) is 70.4 Å². The number of carbonyl (C=O) groups excluding carboxylic acids is 3. The van der Waals surface area contributed by atoms with Crippen LogP contribution in [-0.4, -0.2) is 53.0 Å². The number of halogens is 1. The number of rotatable bonds is 7. The summed E-state index contributed by atoms with van der Waals surface area (Å²) in [6.07, 6.45) is 7.12. The molecule has 8 heteroatoms. The zero-order chi connectivity index (χ0) is 27.4. The van der Waals surface area contributed by atoms with Crippen LogP contribution in [-0.2, 0) is 19.1 Å². The first-order valence-corrected chi connectivity index (χ1v) is 14.5. The van der Waals surface area contributed by atoms with Crippen LogP contribution < -0.4 is 10.6 Å². The molecule has 3 heterocycles. The second kappa shape index (κ2) is 10.3. The van der Waals surface area contributed by atoms with Gasteiger partial charge in [-0.15, -0.1) is 0 Å². The van der Waals surface area contributed by atoms with Crippen molar-refractivity contribution in [2.45, 2.75) is 84.1 Å². The highest BCUT2D eigenvalue weighted by Gasteiger charge is 2.72. The van der Waals surface area contributed by atoms with Crippen molar-refractivity contribution in [3.63, 3.8) is 0 Å². The minimum Gasteiger partial charge on any atom is -0.359 e. The Morgan fingerprint density at radius 3 is 2.68 bits per heavy atom. The Hall–Kier alpha value is -2.38. The summed E-state index contributed by atoms with van der Waals surface area (Å²) in [6.45, 7) is 11.0. The maximum atomic E-state index is 14.0. The lowest BCUT2D eigenvalue weighted by molar-refractivity contribution is -0.141. The summed E-state index contributed by atoms with van der Waals surface area (Å²) in [5.41, 5.74) is 0.347. The number of hydrogen-bond donors (Lipinski definition) is 2. The van der Waals surface area contributed by atoms with E-state index in [1.165, 1.54) is 6.42 Å². The van der Waals surface area contributed by atoms with Gasteiger partial charge in [0, 0.05) is 23.3 Å². The first-order valence-electron chi connectivity index (χ1n) is 14.1. The molecule has 3 aliphatic heterocycles. The number of carbonyl (C=O) groups is 3. The Labute approximate surface area is 230 Å². The van der Waals surface area contributed by atoms with Gasteiger partial charge < -0.3 is 20.3 Å². The minimum absolute atomic E-state index is 0.0664. The number of anilines is 1. The number of aryl methyl sites for hydroxylation is 1. The van der Waals surface area contributed by atoms with E-state index in [9.17, 15) is 14.4 Å². The van der Waals surface area contributed by atoms with Gasteiger partial charge >= 0.3 is 0 Å². The van der Waals surface area contributed by atoms with Gasteiger partial charge in [-0.3, -0.25) is 14.4 Å². The molecule has 8 atom stereocenters. The average Bonchev–Trinajstić information content (AvgIpc) is 3.50. The Balaban J connectivity index is 1.43. The van der Waals surface area contributed by atoms with Gasteiger partial charge in [-0.25, -0.2) is 0 Å². The van der Waals surface area contributed by atoms with Gasteiger partial charge in [-0.2, -0.15) is 0 Å². The van der Waals surface area contributed by atoms with Gasteiger partial charge in [0.1, 0.15) is 11.6 Å². The monoisotopic (exact) mass is 541 g/mol. The summed E-state index contributed by atoms with van der Waals surface area (Å²) in [4.78, 5) is 43.3. The van der Waals surface area contributed by atoms with E-state index < -0.39 is 29.6 Å². The van der Waals surface area contributed by atoms with Crippen LogP contribution in [0.5, 0.6) is 0 Å². The van der Waals surface area contributed by atoms with Crippen molar-refractivity contribution >= 4 is 35.0 Å². The predicted molar refractivity (Wildman–Crippen MR) is 148 cm³/mol. The van der Waals surface area contributed by atoms with Gasteiger partial charge in [0.15, 0.2) is 0 Å². The minimum atomic E-state index is -1.14. The SMILES string of the molecule is Cc1ccc(NC(=O)[C@H]2[C@H]3C=C[C@@]4(O3)[C@H]2C(=O)N(CCC(C)C)[C@@H]4C(=O)N[C@@H]2CCC[C@@H](C)[C@@H]2C)cc1Cl. The first-order chi connectivity index (χ1) is 18.0. The van der Waals surface area contributed by atoms with Crippen molar-refractivity contribution < 1.29 is 19.1 Å². The fraction of sp³-hybridized carbons (Fsp3) is 0.633. The van der Waals surface area contributed by atoms with E-state index in [2.05, 4.69) is 38.3 Å². The summed E-state index contributed by atoms with van der Waals surface area (Å²) in [7, 11) is 0. The van der Waals surface area contributed by atoms with Crippen LogP contribution in [0.15, 0.2) is 30.4 Å². The molecule has 0 radical (unpaired) electrons. The van der Waals surface area contributed by atoms with Crippen molar-refractivity contribution in [2.75, 3.05) is 11.9 Å². The Morgan fingerprint density at radius 1 is 1.21 bits per heavy atom. The molecular formula is C30H40ClN3O4. The number of likely N-dealkylation sites (tertiary alicyclic amines) is 1. The molecule has 3 amide bonds. The smallest absolute Gasteiger partial charge is 0.246 e. The highest BCUT2D eigenvalue weighted by atomic mass is 35.5. The molecule has 1 aromatic carbocycles. The van der Waals surface area contributed by atoms with Crippen molar-refractivity contribution in [3.05, 3.63) is 40.9 Å². The summed E-state index contributed by atoms with van der Waals surface area (Å²) in [5.74, 6) is -0.856. The van der Waals surface area contributed by atoms with Crippen LogP contribution in [0, 0.1) is 36.5 Å². The van der Waals surface area contributed by atoms with Crippen molar-refractivity contribution in [2.24, 2.45) is 29.6 Å². The van der Waals surface area contributed by atoms with Crippen LogP contribution in [0.3, 0.4) is 0 Å². The van der Waals surface area contributed by atoms with E-state index in [1.807, 2.05) is 25.1 Å². The van der Waals surface area contributed by atoms with Crippen LogP contribution in [0.2, 0.25) is 5.02 Å². The standard InChI is InChI=1S/C30H40ClN3O4/c1-16(2)12-14-34-26(28(36)33-22-8-6-7-17(3)19(22)5)30-13-11-23(38-30)24(25(30)29(34)37)27(35)32-20-10-9-18(4)21(31)15-20/h9-11,13,15-17,19,22-26H,6-8,12,14H2,1-5H3,(H,32,35)(H,33,36)/t17-,19+,22-,23-,24+,25-,26-,30-/m1/s1. The number of ether oxygens (including phenoxy) is 1. The Morgan fingerprint density at radius 2 is 1.97 bits per heavy atom. The molecule has 2 bridgehead atoms. The van der Waals surface area contributed by atoms with E-state index in [-0.39, 0.29) is 23.8 Å². The first kappa shape index (κ1) is 27.2. The zero-order valence-corrected chi connectivity index (χ0v) is 23.8. The second-order valence-electron chi connectivity index (χ2n) is 12.3. The fourth-order valence-corrected chi connectivity index (χ4v) is 7.03. The molecule has 38 heavy (non-hydrogen) atoms. The lowest BCUT2D eigenvalue weighted by Gasteiger charge is -2.38. The highest BCUT2D eigenvalue weighted by molar-refractivity contribution is 6.31. The van der Waals surface area contributed by atoms with Crippen LogP contribution in [0.1, 0.15) is 58.9 Å². The molecule has 206 valence electrons. The number of fused-ring (bicyclic) bond motifs is 1. The summed E-state index contributed by atoms with van der Waals surface area (Å²) in [6, 6.07) is 4.63. The third kappa shape index (κ3) is 4.56. The highest BCUT2D eigenvalue weighted by Crippen LogP contribution is 2.55. The van der Waals surface area contributed by atoms with Crippen molar-refractivity contribution in [3.8, 4) is 0 Å². The topological polar surface area (TPSA) is 87.7 Å². The molecular weight excluding hydrogens is 502 g/mol. The van der Waals surface area contributed by atoms with E-state index in [1.54, 1.807) is 17.0 Å². The van der Waals surface area contributed by atoms with Gasteiger partial charge in [0.25, 0.3) is 0 Å². The third-order valence-electron chi connectivity index (χ3n) is 9.35. The van der Waals surface area contributed by atoms with Gasteiger partial charge in [0.2, 0.25) is 17.7 Å². The molecule has 1 saturated carbocycles. The van der Waals surface area contributed by atoms with Crippen LogP contribution in [0.4, 0.5) is 5.69 Å². The fourth-order valence-electron chi connectivity index (χ4n) is 6.85. The number of hydrogen-bond acceptors (Lipinski definition) is 4. The molecule has 2 saturated heterocycles. The van der Waals surface area contributed by atoms with E-state index in [4.69, 9.17) is 16.3 Å². The quantitative estimate of drug-likeness (QED) is 0.489. The maximum Gasteiger partial charge on any atom is 0.246 e. The second-order valence-corrected chi connectivity index (χ2v) is 12.7. The lowest BCUT2D eigenvalue weighted by Crippen LogP contribution is -2.58. The number of nitrogens with one attached hydrogen (secondary N) is 2. The lowest BCUT2D eigenvalue weighted by atomic mass is 9.73. The normalized spacial score (nSPS) is 35.6. The molecule has 2 N–H and O–H groups in total. The predicted octanol–water partition coefficient (Wildman–Crippen LogP) is 4.72. The van der Waals surface area contributed by atoms with Gasteiger partial charge in [-0.05, 0) is 55.2 Å². The molecule has 7 nitrogen and oxygen atoms in total. The summed E-state index contributed by atoms with van der Waals surface area (Å²) < 4.78 is 6.46. The molecule has 1 aliphatic carbocycles. The average molecular weight is 542 g/mol. The van der Waals surface area contributed by atoms with Crippen LogP contribution in [0.25, 0.3) is 0 Å².